The van der Waals surface area contributed by atoms with E-state index in [0.29, 0.717) is 44.0 Å². The molecule has 4 aromatic carbocycles. The Bertz CT molecular complexity index is 3100. The molecular weight excluding hydrogens is 1170 g/mol. The van der Waals surface area contributed by atoms with Crippen LogP contribution in [0.2, 0.25) is 0 Å². The lowest BCUT2D eigenvalue weighted by Gasteiger charge is -2.31. The van der Waals surface area contributed by atoms with E-state index in [4.69, 9.17) is 48.4 Å². The molecule has 476 valence electrons. The number of nitrogens with two attached hydrogens (primary N) is 1. The van der Waals surface area contributed by atoms with E-state index in [1.54, 1.807) is 0 Å². The maximum atomic E-state index is 14.0. The Morgan fingerprint density at radius 3 is 1.28 bits per heavy atom. The van der Waals surface area contributed by atoms with Crippen LogP contribution in [0, 0.1) is 29.6 Å². The van der Waals surface area contributed by atoms with Crippen LogP contribution in [0.25, 0.3) is 0 Å². The van der Waals surface area contributed by atoms with Gasteiger partial charge in [-0.1, -0.05) is 88.4 Å². The molecule has 0 radical (unpaired) electrons. The summed E-state index contributed by atoms with van der Waals surface area (Å²) in [5.74, 6) is -0.0837. The molecule has 3 unspecified atom stereocenters. The topological polar surface area (TPSA) is 312 Å². The van der Waals surface area contributed by atoms with E-state index < -0.39 is 74.8 Å². The molecule has 3 amide bonds. The number of aliphatic hydroxyl groups is 2. The molecule has 0 spiro atoms. The molecule has 13 atom stereocenters. The first-order valence-corrected chi connectivity index (χ1v) is 32.6. The van der Waals surface area contributed by atoms with Crippen LogP contribution in [-0.4, -0.2) is 181 Å². The average molecular weight is 1250 g/mol. The summed E-state index contributed by atoms with van der Waals surface area (Å²) in [6.45, 7) is 9.93. The average Bonchev–Trinajstić information content (AvgIpc) is 2.33. The Balaban J connectivity index is 0.000000214. The summed E-state index contributed by atoms with van der Waals surface area (Å²) in [7, 11) is -8.03. The third-order valence-corrected chi connectivity index (χ3v) is 19.7. The number of rotatable bonds is 24. The van der Waals surface area contributed by atoms with Gasteiger partial charge < -0.3 is 63.9 Å². The van der Waals surface area contributed by atoms with Crippen molar-refractivity contribution in [3.05, 3.63) is 120 Å². The number of benzene rings is 4. The van der Waals surface area contributed by atoms with Gasteiger partial charge in [0.25, 0.3) is 0 Å². The molecule has 6 aliphatic heterocycles. The summed E-state index contributed by atoms with van der Waals surface area (Å²) in [6, 6.07) is 28.9. The Kier molecular flexibility index (Phi) is 22.7. The summed E-state index contributed by atoms with van der Waals surface area (Å²) in [4.78, 5) is 38.1. The Morgan fingerprint density at radius 2 is 0.885 bits per heavy atom. The standard InChI is InChI=1S/C34H45N3O11S.C27H37N3O7S/c1-21(2)17-37(49(41,42)24-10-8-23(9-11-24)35-33(39)47-29-19-45-31-25(29)12-14-43-31)18-28(38)27(16-22-6-4-3-5-7-22)36-34(40)48-30-20-46-32-26(30)13-15-44-32;1-18(2)15-30(16-24(31)23(28)14-19-6-4-3-5-7-19)38(33,34)21-10-8-20(9-11-21)29-27(32)37-25-17-36-26-22(25)12-13-35-26/h3-11,21,25-32,38H,12-20H2,1-2H3,(H,35,39)(H,36,40);3-11,18,22-26,31H,12-17,28H2,1-2H3,(H,29,32)/t25-,26+,27+,28-,29?,30?,31+,32-;22-,23+,24-,25?,26+/m11/s1. The van der Waals surface area contributed by atoms with Crippen LogP contribution < -0.4 is 21.7 Å². The maximum Gasteiger partial charge on any atom is 0.411 e. The molecule has 4 aromatic rings. The van der Waals surface area contributed by atoms with Gasteiger partial charge in [0.2, 0.25) is 20.0 Å². The van der Waals surface area contributed by atoms with Gasteiger partial charge >= 0.3 is 18.3 Å². The van der Waals surface area contributed by atoms with E-state index in [1.165, 1.54) is 57.1 Å². The number of alkyl carbamates (subject to hydrolysis) is 1. The number of carbonyl (C=O) groups excluding carboxylic acids is 3. The third-order valence-electron chi connectivity index (χ3n) is 16.0. The fourth-order valence-electron chi connectivity index (χ4n) is 11.5. The summed E-state index contributed by atoms with van der Waals surface area (Å²) in [5.41, 5.74) is 8.79. The van der Waals surface area contributed by atoms with Gasteiger partial charge in [-0.25, -0.2) is 31.2 Å². The molecule has 87 heavy (non-hydrogen) atoms. The summed E-state index contributed by atoms with van der Waals surface area (Å²) in [5, 5.41) is 30.4. The number of anilines is 2. The quantitative estimate of drug-likeness (QED) is 0.0460. The highest BCUT2D eigenvalue weighted by atomic mass is 32.2. The van der Waals surface area contributed by atoms with Crippen molar-refractivity contribution in [3.63, 3.8) is 0 Å². The molecule has 0 bridgehead atoms. The summed E-state index contributed by atoms with van der Waals surface area (Å²) in [6.07, 6.45) is -3.83. The van der Waals surface area contributed by atoms with E-state index in [-0.39, 0.29) is 117 Å². The first-order chi connectivity index (χ1) is 41.7. The van der Waals surface area contributed by atoms with Gasteiger partial charge in [0.1, 0.15) is 18.3 Å². The van der Waals surface area contributed by atoms with Crippen molar-refractivity contribution in [1.29, 1.82) is 0 Å². The zero-order chi connectivity index (χ0) is 61.8. The van der Waals surface area contributed by atoms with Crippen LogP contribution in [0.1, 0.15) is 58.1 Å². The molecular formula is C61H82N6O18S2. The number of nitrogens with one attached hydrogen (secondary N) is 3. The van der Waals surface area contributed by atoms with Gasteiger partial charge in [-0.3, -0.25) is 10.6 Å². The molecule has 7 N–H and O–H groups in total. The molecule has 6 saturated heterocycles. The second-order valence-electron chi connectivity index (χ2n) is 23.6. The van der Waals surface area contributed by atoms with Crippen molar-refractivity contribution >= 4 is 49.7 Å². The van der Waals surface area contributed by atoms with Gasteiger partial charge in [-0.15, -0.1) is 0 Å². The third kappa shape index (κ3) is 17.5. The van der Waals surface area contributed by atoms with Crippen molar-refractivity contribution in [2.45, 2.75) is 131 Å². The normalized spacial score (nSPS) is 25.4. The molecule has 0 aromatic heterocycles. The molecule has 6 heterocycles. The minimum Gasteiger partial charge on any atom is -0.443 e. The van der Waals surface area contributed by atoms with Crippen LogP contribution in [0.15, 0.2) is 119 Å². The number of amides is 3. The van der Waals surface area contributed by atoms with Crippen LogP contribution in [0.4, 0.5) is 25.8 Å². The maximum absolute atomic E-state index is 14.0. The lowest BCUT2D eigenvalue weighted by atomic mass is 10.0. The first-order valence-electron chi connectivity index (χ1n) is 29.7. The lowest BCUT2D eigenvalue weighted by molar-refractivity contribution is -0.0909. The van der Waals surface area contributed by atoms with Crippen LogP contribution in [0.3, 0.4) is 0 Å². The number of nitrogens with zero attached hydrogens (tertiary/aromatic N) is 2. The van der Waals surface area contributed by atoms with Crippen LogP contribution in [-0.2, 0) is 75.5 Å². The SMILES string of the molecule is CC(C)CN(C[C@@H](O)[C@@H](N)Cc1ccccc1)S(=O)(=O)c1ccc(NC(=O)OC2CO[C@@H]3OCC[C@H]23)cc1.CC(C)CN(C[C@@H](O)[C@H](Cc1ccccc1)NC(=O)OC1CO[C@H]2OCC[C@@H]12)S(=O)(=O)c1ccc(NC(=O)OC2CO[C@@H]3OCC[C@H]23)cc1. The minimum atomic E-state index is -4.10. The van der Waals surface area contributed by atoms with Gasteiger partial charge in [0.05, 0.1) is 85.4 Å². The van der Waals surface area contributed by atoms with Crippen molar-refractivity contribution in [1.82, 2.24) is 13.9 Å². The molecule has 0 saturated carbocycles. The predicted molar refractivity (Wildman–Crippen MR) is 317 cm³/mol. The van der Waals surface area contributed by atoms with Gasteiger partial charge in [-0.05, 0) is 104 Å². The second kappa shape index (κ2) is 30.1. The number of ether oxygens (including phenoxy) is 9. The van der Waals surface area contributed by atoms with E-state index in [9.17, 15) is 41.4 Å². The number of hydrogen-bond donors (Lipinski definition) is 6. The molecule has 26 heteroatoms. The zero-order valence-corrected chi connectivity index (χ0v) is 51.0. The van der Waals surface area contributed by atoms with Crippen LogP contribution >= 0.6 is 0 Å². The molecule has 0 aliphatic carbocycles. The predicted octanol–water partition coefficient (Wildman–Crippen LogP) is 5.68. The highest BCUT2D eigenvalue weighted by Crippen LogP contribution is 2.36. The van der Waals surface area contributed by atoms with Crippen LogP contribution in [0.5, 0.6) is 0 Å². The Morgan fingerprint density at radius 1 is 0.517 bits per heavy atom. The second-order valence-corrected chi connectivity index (χ2v) is 27.4. The minimum absolute atomic E-state index is 0.00891. The number of carbonyl (C=O) groups is 3. The van der Waals surface area contributed by atoms with Crippen molar-refractivity contribution < 1.29 is 84.1 Å². The number of hydrogen-bond acceptors (Lipinski definition) is 19. The van der Waals surface area contributed by atoms with E-state index in [0.717, 1.165) is 24.0 Å². The van der Waals surface area contributed by atoms with E-state index >= 15 is 0 Å². The van der Waals surface area contributed by atoms with Gasteiger partial charge in [0, 0.05) is 43.6 Å². The highest BCUT2D eigenvalue weighted by molar-refractivity contribution is 7.89. The Hall–Kier alpha value is -5.85. The van der Waals surface area contributed by atoms with Crippen molar-refractivity contribution in [2.24, 2.45) is 35.3 Å². The van der Waals surface area contributed by atoms with Crippen molar-refractivity contribution in [2.75, 3.05) is 76.5 Å². The fraction of sp³-hybridized carbons (Fsp3) is 0.557. The highest BCUT2D eigenvalue weighted by Gasteiger charge is 2.46. The first kappa shape index (κ1) is 65.6. The van der Waals surface area contributed by atoms with Crippen molar-refractivity contribution in [3.8, 4) is 0 Å². The van der Waals surface area contributed by atoms with E-state index in [2.05, 4.69) is 16.0 Å². The van der Waals surface area contributed by atoms with Gasteiger partial charge in [-0.2, -0.15) is 8.61 Å². The zero-order valence-electron chi connectivity index (χ0n) is 49.4. The molecule has 6 aliphatic rings. The Labute approximate surface area is 508 Å². The molecule has 10 rings (SSSR count). The molecule has 6 fully saturated rings. The smallest absolute Gasteiger partial charge is 0.411 e. The number of fused-ring (bicyclic) bond motifs is 3. The summed E-state index contributed by atoms with van der Waals surface area (Å²) >= 11 is 0. The van der Waals surface area contributed by atoms with E-state index in [1.807, 2.05) is 88.4 Å². The lowest BCUT2D eigenvalue weighted by Crippen LogP contribution is -2.51. The summed E-state index contributed by atoms with van der Waals surface area (Å²) < 4.78 is 107. The fourth-order valence-corrected chi connectivity index (χ4v) is 14.7. The monoisotopic (exact) mass is 1250 g/mol. The number of sulfonamides is 2. The molecule has 24 nitrogen and oxygen atoms in total. The number of aliphatic hydroxyl groups excluding tert-OH is 2. The van der Waals surface area contributed by atoms with Gasteiger partial charge in [0.15, 0.2) is 18.9 Å². The largest absolute Gasteiger partial charge is 0.443 e.